The van der Waals surface area contributed by atoms with Crippen LogP contribution in [0.2, 0.25) is 0 Å². The maximum absolute atomic E-state index is 12.4. The first kappa shape index (κ1) is 21.9. The fourth-order valence-corrected chi connectivity index (χ4v) is 3.02. The highest BCUT2D eigenvalue weighted by Crippen LogP contribution is 2.17. The molecule has 2 aromatic carbocycles. The number of carbonyl (C=O) groups is 2. The standard InChI is InChI=1S/C23H28N6O2/c1-17(28(3)21-11-5-4-6-12-21)16-24-23(31)27-20-10-7-9-19(15-20)26-22(30)18(2)29-14-8-13-25-29/h4-15,17-18H,16H2,1-3H3,(H,26,30)(H2,24,27,31)/t17-,18-/m1/s1. The van der Waals surface area contributed by atoms with Crippen molar-refractivity contribution < 1.29 is 9.59 Å². The summed E-state index contributed by atoms with van der Waals surface area (Å²) < 4.78 is 1.58. The maximum atomic E-state index is 12.4. The third-order valence-corrected chi connectivity index (χ3v) is 5.07. The molecular weight excluding hydrogens is 392 g/mol. The molecule has 3 amide bonds. The molecular formula is C23H28N6O2. The minimum absolute atomic E-state index is 0.113. The summed E-state index contributed by atoms with van der Waals surface area (Å²) in [6.07, 6.45) is 3.37. The first-order chi connectivity index (χ1) is 14.9. The summed E-state index contributed by atoms with van der Waals surface area (Å²) in [5.41, 5.74) is 2.27. The minimum Gasteiger partial charge on any atom is -0.370 e. The van der Waals surface area contributed by atoms with Crippen LogP contribution in [0, 0.1) is 0 Å². The van der Waals surface area contributed by atoms with Crippen molar-refractivity contribution in [2.45, 2.75) is 25.9 Å². The number of amides is 3. The van der Waals surface area contributed by atoms with E-state index in [-0.39, 0.29) is 18.0 Å². The lowest BCUT2D eigenvalue weighted by Crippen LogP contribution is -2.41. The van der Waals surface area contributed by atoms with Crippen LogP contribution in [0.1, 0.15) is 19.9 Å². The van der Waals surface area contributed by atoms with Gasteiger partial charge in [-0.1, -0.05) is 24.3 Å². The number of carbonyl (C=O) groups excluding carboxylic acids is 2. The van der Waals surface area contributed by atoms with Crippen molar-refractivity contribution in [3.63, 3.8) is 0 Å². The number of likely N-dealkylation sites (N-methyl/N-ethyl adjacent to an activating group) is 1. The summed E-state index contributed by atoms with van der Waals surface area (Å²) in [6, 6.07) is 18.2. The van der Waals surface area contributed by atoms with Gasteiger partial charge in [0.1, 0.15) is 6.04 Å². The Hall–Kier alpha value is -3.81. The zero-order chi connectivity index (χ0) is 22.2. The van der Waals surface area contributed by atoms with Gasteiger partial charge in [-0.3, -0.25) is 9.48 Å². The van der Waals surface area contributed by atoms with Gasteiger partial charge in [-0.2, -0.15) is 5.10 Å². The van der Waals surface area contributed by atoms with Crippen molar-refractivity contribution in [1.82, 2.24) is 15.1 Å². The Morgan fingerprint density at radius 3 is 2.39 bits per heavy atom. The Kier molecular flexibility index (Phi) is 7.26. The number of aromatic nitrogens is 2. The lowest BCUT2D eigenvalue weighted by atomic mass is 10.2. The van der Waals surface area contributed by atoms with Crippen LogP contribution in [-0.2, 0) is 4.79 Å². The van der Waals surface area contributed by atoms with Gasteiger partial charge < -0.3 is 20.9 Å². The average Bonchev–Trinajstić information content (AvgIpc) is 3.32. The number of para-hydroxylation sites is 1. The molecule has 3 aromatic rings. The van der Waals surface area contributed by atoms with E-state index in [4.69, 9.17) is 0 Å². The Bertz CT molecular complexity index is 990. The van der Waals surface area contributed by atoms with Crippen molar-refractivity contribution >= 4 is 29.0 Å². The quantitative estimate of drug-likeness (QED) is 0.518. The Morgan fingerprint density at radius 1 is 1.00 bits per heavy atom. The van der Waals surface area contributed by atoms with Crippen LogP contribution >= 0.6 is 0 Å². The fraction of sp³-hybridized carbons (Fsp3) is 0.261. The molecule has 8 nitrogen and oxygen atoms in total. The Balaban J connectivity index is 1.50. The van der Waals surface area contributed by atoms with Gasteiger partial charge in [0.2, 0.25) is 5.91 Å². The van der Waals surface area contributed by atoms with Gasteiger partial charge in [0.15, 0.2) is 0 Å². The van der Waals surface area contributed by atoms with Crippen molar-refractivity contribution in [3.8, 4) is 0 Å². The highest BCUT2D eigenvalue weighted by Gasteiger charge is 2.15. The van der Waals surface area contributed by atoms with E-state index in [1.54, 1.807) is 54.3 Å². The first-order valence-corrected chi connectivity index (χ1v) is 10.2. The molecule has 0 aliphatic heterocycles. The van der Waals surface area contributed by atoms with Crippen LogP contribution < -0.4 is 20.9 Å². The molecule has 2 atom stereocenters. The summed E-state index contributed by atoms with van der Waals surface area (Å²) in [5, 5.41) is 12.6. The van der Waals surface area contributed by atoms with Crippen molar-refractivity contribution in [3.05, 3.63) is 73.1 Å². The summed E-state index contributed by atoms with van der Waals surface area (Å²) in [6.45, 7) is 4.30. The minimum atomic E-state index is -0.446. The molecule has 0 aliphatic rings. The monoisotopic (exact) mass is 420 g/mol. The molecule has 3 N–H and O–H groups in total. The second-order valence-electron chi connectivity index (χ2n) is 7.36. The van der Waals surface area contributed by atoms with Crippen molar-refractivity contribution in [1.29, 1.82) is 0 Å². The molecule has 0 unspecified atom stereocenters. The number of nitrogens with zero attached hydrogens (tertiary/aromatic N) is 3. The Labute approximate surface area is 182 Å². The molecule has 8 heteroatoms. The van der Waals surface area contributed by atoms with Gasteiger partial charge in [-0.15, -0.1) is 0 Å². The summed E-state index contributed by atoms with van der Waals surface area (Å²) >= 11 is 0. The predicted octanol–water partition coefficient (Wildman–Crippen LogP) is 3.73. The summed E-state index contributed by atoms with van der Waals surface area (Å²) in [4.78, 5) is 26.9. The SMILES string of the molecule is C[C@H](CNC(=O)Nc1cccc(NC(=O)[C@@H](C)n2cccn2)c1)N(C)c1ccccc1. The fourth-order valence-electron chi connectivity index (χ4n) is 3.02. The van der Waals surface area contributed by atoms with Crippen LogP contribution in [0.5, 0.6) is 0 Å². The van der Waals surface area contributed by atoms with Gasteiger partial charge in [0, 0.05) is 49.1 Å². The van der Waals surface area contributed by atoms with E-state index in [0.29, 0.717) is 17.9 Å². The Morgan fingerprint density at radius 2 is 1.71 bits per heavy atom. The van der Waals surface area contributed by atoms with Crippen LogP contribution in [0.25, 0.3) is 0 Å². The molecule has 0 aliphatic carbocycles. The molecule has 0 fully saturated rings. The van der Waals surface area contributed by atoms with Crippen molar-refractivity contribution in [2.24, 2.45) is 0 Å². The average molecular weight is 421 g/mol. The zero-order valence-corrected chi connectivity index (χ0v) is 17.9. The smallest absolute Gasteiger partial charge is 0.319 e. The largest absolute Gasteiger partial charge is 0.370 e. The number of rotatable bonds is 8. The van der Waals surface area contributed by atoms with Gasteiger partial charge in [-0.05, 0) is 50.2 Å². The zero-order valence-electron chi connectivity index (χ0n) is 17.9. The first-order valence-electron chi connectivity index (χ1n) is 10.2. The summed E-state index contributed by atoms with van der Waals surface area (Å²) in [5.74, 6) is -0.192. The van der Waals surface area contributed by atoms with Gasteiger partial charge in [0.25, 0.3) is 0 Å². The number of anilines is 3. The molecule has 1 heterocycles. The molecule has 0 spiro atoms. The molecule has 1 aromatic heterocycles. The number of nitrogens with one attached hydrogen (secondary N) is 3. The van der Waals surface area contributed by atoms with Gasteiger partial charge in [0.05, 0.1) is 0 Å². The number of urea groups is 1. The van der Waals surface area contributed by atoms with Crippen LogP contribution in [0.4, 0.5) is 21.9 Å². The van der Waals surface area contributed by atoms with Crippen LogP contribution in [0.3, 0.4) is 0 Å². The maximum Gasteiger partial charge on any atom is 0.319 e. The lowest BCUT2D eigenvalue weighted by molar-refractivity contribution is -0.119. The highest BCUT2D eigenvalue weighted by molar-refractivity contribution is 5.95. The van der Waals surface area contributed by atoms with E-state index in [2.05, 4.69) is 25.9 Å². The highest BCUT2D eigenvalue weighted by atomic mass is 16.2. The van der Waals surface area contributed by atoms with E-state index >= 15 is 0 Å². The molecule has 162 valence electrons. The third kappa shape index (κ3) is 6.08. The lowest BCUT2D eigenvalue weighted by Gasteiger charge is -2.27. The number of benzene rings is 2. The molecule has 3 rings (SSSR count). The second kappa shape index (κ2) is 10.3. The second-order valence-corrected chi connectivity index (χ2v) is 7.36. The van der Waals surface area contributed by atoms with E-state index < -0.39 is 6.04 Å². The van der Waals surface area contributed by atoms with E-state index in [9.17, 15) is 9.59 Å². The third-order valence-electron chi connectivity index (χ3n) is 5.07. The topological polar surface area (TPSA) is 91.3 Å². The summed E-state index contributed by atoms with van der Waals surface area (Å²) in [7, 11) is 2.00. The van der Waals surface area contributed by atoms with Crippen LogP contribution in [-0.4, -0.2) is 41.4 Å². The normalized spacial score (nSPS) is 12.5. The van der Waals surface area contributed by atoms with Gasteiger partial charge >= 0.3 is 6.03 Å². The molecule has 31 heavy (non-hydrogen) atoms. The predicted molar refractivity (Wildman–Crippen MR) is 123 cm³/mol. The molecule has 0 saturated heterocycles. The molecule has 0 bridgehead atoms. The molecule has 0 radical (unpaired) electrons. The van der Waals surface area contributed by atoms with Gasteiger partial charge in [-0.25, -0.2) is 4.79 Å². The number of hydrogen-bond acceptors (Lipinski definition) is 4. The van der Waals surface area contributed by atoms with E-state index in [0.717, 1.165) is 5.69 Å². The van der Waals surface area contributed by atoms with Crippen molar-refractivity contribution in [2.75, 3.05) is 29.1 Å². The van der Waals surface area contributed by atoms with Crippen LogP contribution in [0.15, 0.2) is 73.1 Å². The molecule has 0 saturated carbocycles. The van der Waals surface area contributed by atoms with E-state index in [1.165, 1.54) is 0 Å². The van der Waals surface area contributed by atoms with E-state index in [1.807, 2.05) is 44.3 Å². The number of hydrogen-bond donors (Lipinski definition) is 3.